The van der Waals surface area contributed by atoms with Crippen molar-refractivity contribution in [2.24, 2.45) is 16.5 Å². The van der Waals surface area contributed by atoms with Crippen molar-refractivity contribution in [3.05, 3.63) is 44.1 Å². The van der Waals surface area contributed by atoms with Gasteiger partial charge in [0, 0.05) is 23.2 Å². The number of nitrogens with one attached hydrogen (secondary N) is 1. The van der Waals surface area contributed by atoms with Crippen LogP contribution >= 0.6 is 59.4 Å². The summed E-state index contributed by atoms with van der Waals surface area (Å²) < 4.78 is 0.954. The van der Waals surface area contributed by atoms with Crippen LogP contribution in [-0.4, -0.2) is 48.9 Å². The summed E-state index contributed by atoms with van der Waals surface area (Å²) in [5, 5.41) is 2.89. The Morgan fingerprint density at radius 1 is 1.06 bits per heavy atom. The molecular weight excluding hydrogens is 516 g/mol. The van der Waals surface area contributed by atoms with E-state index in [2.05, 4.69) is 29.1 Å². The third-order valence-corrected chi connectivity index (χ3v) is 5.96. The van der Waals surface area contributed by atoms with E-state index >= 15 is 0 Å². The summed E-state index contributed by atoms with van der Waals surface area (Å²) in [7, 11) is 0. The fraction of sp³-hybridized carbons (Fsp3) is 0.350. The predicted molar refractivity (Wildman–Crippen MR) is 139 cm³/mol. The van der Waals surface area contributed by atoms with Crippen LogP contribution in [0.15, 0.2) is 29.3 Å². The maximum atomic E-state index is 12.7. The van der Waals surface area contributed by atoms with Crippen molar-refractivity contribution in [2.75, 3.05) is 26.2 Å². The lowest BCUT2D eigenvalue weighted by Gasteiger charge is -2.17. The Kier molecular flexibility index (Phi) is 13.9. The van der Waals surface area contributed by atoms with Crippen LogP contribution in [0.4, 0.5) is 0 Å². The van der Waals surface area contributed by atoms with Crippen molar-refractivity contribution < 1.29 is 9.59 Å². The van der Waals surface area contributed by atoms with Crippen molar-refractivity contribution in [3.63, 3.8) is 0 Å². The van der Waals surface area contributed by atoms with E-state index in [4.69, 9.17) is 34.7 Å². The number of benzene rings is 1. The van der Waals surface area contributed by atoms with Crippen molar-refractivity contribution in [3.8, 4) is 11.1 Å². The zero-order chi connectivity index (χ0) is 22.3. The first-order valence-electron chi connectivity index (χ1n) is 9.49. The number of guanidine groups is 1. The summed E-state index contributed by atoms with van der Waals surface area (Å²) in [4.78, 5) is 30.9. The van der Waals surface area contributed by atoms with Gasteiger partial charge in [0.05, 0.1) is 4.34 Å². The molecule has 1 aromatic carbocycles. The molecule has 0 saturated heterocycles. The highest BCUT2D eigenvalue weighted by atomic mass is 35.5. The van der Waals surface area contributed by atoms with Crippen LogP contribution in [0.3, 0.4) is 0 Å². The maximum absolute atomic E-state index is 12.7. The Morgan fingerprint density at radius 2 is 1.69 bits per heavy atom. The van der Waals surface area contributed by atoms with Crippen LogP contribution in [-0.2, 0) is 0 Å². The highest BCUT2D eigenvalue weighted by Crippen LogP contribution is 2.38. The molecule has 1 heterocycles. The van der Waals surface area contributed by atoms with Crippen molar-refractivity contribution in [1.29, 1.82) is 0 Å². The van der Waals surface area contributed by atoms with Gasteiger partial charge in [-0.3, -0.25) is 9.59 Å². The number of hydrogen-bond acceptors (Lipinski definition) is 4. The van der Waals surface area contributed by atoms with Gasteiger partial charge < -0.3 is 21.7 Å². The molecule has 0 radical (unpaired) electrons. The number of rotatable bonds is 9. The van der Waals surface area contributed by atoms with Gasteiger partial charge in [-0.2, -0.15) is 4.99 Å². The van der Waals surface area contributed by atoms with E-state index in [1.165, 1.54) is 17.4 Å². The molecule has 2 amide bonds. The zero-order valence-corrected chi connectivity index (χ0v) is 21.7. The number of thiophene rings is 1. The summed E-state index contributed by atoms with van der Waals surface area (Å²) in [6.45, 7) is 7.54. The summed E-state index contributed by atoms with van der Waals surface area (Å²) in [5.74, 6) is -1.30. The number of amides is 2. The molecule has 0 bridgehead atoms. The lowest BCUT2D eigenvalue weighted by Crippen LogP contribution is -2.30. The molecule has 2 rings (SSSR count). The van der Waals surface area contributed by atoms with Gasteiger partial charge >= 0.3 is 0 Å². The molecule has 0 fully saturated rings. The molecule has 0 aliphatic carbocycles. The average Bonchev–Trinajstić information content (AvgIpc) is 3.05. The molecule has 0 unspecified atom stereocenters. The number of aliphatic imine (C=N–C) groups is 1. The Hall–Kier alpha value is -1.55. The monoisotopic (exact) mass is 541 g/mol. The van der Waals surface area contributed by atoms with Crippen molar-refractivity contribution >= 4 is 77.1 Å². The summed E-state index contributed by atoms with van der Waals surface area (Å²) in [6, 6.07) is 6.39. The minimum atomic E-state index is -0.648. The SMILES string of the molecule is CCN(CC)CCCNC(=O)c1cc(C(=O)N=C(N)N)cc(-c2cc(Cl)sc2Cl)c1.Cl.Cl. The quantitative estimate of drug-likeness (QED) is 0.246. The van der Waals surface area contributed by atoms with Gasteiger partial charge in [-0.05, 0) is 55.9 Å². The fourth-order valence-electron chi connectivity index (χ4n) is 2.90. The summed E-state index contributed by atoms with van der Waals surface area (Å²) in [5.41, 5.74) is 12.3. The van der Waals surface area contributed by atoms with Crippen molar-refractivity contribution in [2.45, 2.75) is 20.3 Å². The maximum Gasteiger partial charge on any atom is 0.280 e. The Labute approximate surface area is 214 Å². The molecule has 0 atom stereocenters. The van der Waals surface area contributed by atoms with Crippen LogP contribution in [0.1, 0.15) is 41.0 Å². The van der Waals surface area contributed by atoms with Gasteiger partial charge in [-0.1, -0.05) is 37.0 Å². The molecule has 1 aromatic heterocycles. The van der Waals surface area contributed by atoms with Gasteiger partial charge in [-0.25, -0.2) is 0 Å². The summed E-state index contributed by atoms with van der Waals surface area (Å²) in [6.07, 6.45) is 0.818. The molecule has 0 aliphatic heterocycles. The number of carbonyl (C=O) groups excluding carboxylic acids is 2. The van der Waals surface area contributed by atoms with E-state index in [1.807, 2.05) is 0 Å². The van der Waals surface area contributed by atoms with Gasteiger partial charge in [0.25, 0.3) is 11.8 Å². The van der Waals surface area contributed by atoms with Gasteiger partial charge in [-0.15, -0.1) is 36.2 Å². The first-order chi connectivity index (χ1) is 14.2. The Morgan fingerprint density at radius 3 is 2.22 bits per heavy atom. The van der Waals surface area contributed by atoms with E-state index in [1.54, 1.807) is 18.2 Å². The Bertz CT molecular complexity index is 944. The van der Waals surface area contributed by atoms with Gasteiger partial charge in [0.2, 0.25) is 0 Å². The standard InChI is InChI=1S/C20H25Cl2N5O2S.2ClH/c1-3-27(4-2)7-5-6-25-18(28)13-8-12(15-11-16(21)30-17(15)22)9-14(10-13)19(29)26-20(23)24;;/h8-11H,3-7H2,1-2H3,(H,25,28)(H4,23,24,26,29);2*1H. The predicted octanol–water partition coefficient (Wildman–Crippen LogP) is 4.44. The number of carbonyl (C=O) groups is 2. The minimum Gasteiger partial charge on any atom is -0.370 e. The lowest BCUT2D eigenvalue weighted by molar-refractivity contribution is 0.0952. The molecule has 12 heteroatoms. The minimum absolute atomic E-state index is 0. The highest BCUT2D eigenvalue weighted by Gasteiger charge is 2.16. The lowest BCUT2D eigenvalue weighted by atomic mass is 10.0. The first kappa shape index (κ1) is 30.5. The van der Waals surface area contributed by atoms with Crippen LogP contribution in [0.2, 0.25) is 8.67 Å². The number of hydrogen-bond donors (Lipinski definition) is 3. The second-order valence-electron chi connectivity index (χ2n) is 6.52. The van der Waals surface area contributed by atoms with E-state index in [0.29, 0.717) is 31.9 Å². The van der Waals surface area contributed by atoms with Gasteiger partial charge in [0.15, 0.2) is 5.96 Å². The molecular formula is C20H27Cl4N5O2S. The van der Waals surface area contributed by atoms with E-state index in [9.17, 15) is 9.59 Å². The molecule has 0 saturated carbocycles. The number of halogens is 4. The number of nitrogens with two attached hydrogens (primary N) is 2. The van der Waals surface area contributed by atoms with Crippen LogP contribution in [0.25, 0.3) is 11.1 Å². The molecule has 0 aliphatic rings. The smallest absolute Gasteiger partial charge is 0.280 e. The molecule has 0 spiro atoms. The third-order valence-electron chi connectivity index (χ3n) is 4.47. The van der Waals surface area contributed by atoms with E-state index < -0.39 is 5.91 Å². The molecule has 5 N–H and O–H groups in total. The zero-order valence-electron chi connectivity index (χ0n) is 17.7. The Balaban J connectivity index is 0.00000480. The fourth-order valence-corrected chi connectivity index (χ4v) is 4.41. The normalized spacial score (nSPS) is 10.2. The molecule has 178 valence electrons. The van der Waals surface area contributed by atoms with Gasteiger partial charge in [0.1, 0.15) is 4.34 Å². The second-order valence-corrected chi connectivity index (χ2v) is 8.80. The highest BCUT2D eigenvalue weighted by molar-refractivity contribution is 7.20. The number of nitrogens with zero attached hydrogens (tertiary/aromatic N) is 2. The molecule has 7 nitrogen and oxygen atoms in total. The average molecular weight is 543 g/mol. The van der Waals surface area contributed by atoms with E-state index in [0.717, 1.165) is 26.1 Å². The first-order valence-corrected chi connectivity index (χ1v) is 11.1. The largest absolute Gasteiger partial charge is 0.370 e. The van der Waals surface area contributed by atoms with Crippen LogP contribution in [0, 0.1) is 0 Å². The molecule has 2 aromatic rings. The van der Waals surface area contributed by atoms with Crippen molar-refractivity contribution in [1.82, 2.24) is 10.2 Å². The molecule has 32 heavy (non-hydrogen) atoms. The van der Waals surface area contributed by atoms with Crippen LogP contribution in [0.5, 0.6) is 0 Å². The topological polar surface area (TPSA) is 114 Å². The van der Waals surface area contributed by atoms with Crippen LogP contribution < -0.4 is 16.8 Å². The second kappa shape index (κ2) is 14.6. The summed E-state index contributed by atoms with van der Waals surface area (Å²) >= 11 is 13.5. The van der Waals surface area contributed by atoms with E-state index in [-0.39, 0.29) is 42.2 Å². The third kappa shape index (κ3) is 8.77.